The largest absolute Gasteiger partial charge is 0.481 e. The van der Waals surface area contributed by atoms with E-state index in [1.807, 2.05) is 26.8 Å². The quantitative estimate of drug-likeness (QED) is 0.686. The highest BCUT2D eigenvalue weighted by molar-refractivity contribution is 5.67. The van der Waals surface area contributed by atoms with Crippen molar-refractivity contribution in [1.82, 2.24) is 0 Å². The summed E-state index contributed by atoms with van der Waals surface area (Å²) in [5.74, 6) is -0.807. The summed E-state index contributed by atoms with van der Waals surface area (Å²) in [5, 5.41) is 8.50. The molecule has 0 bridgehead atoms. The zero-order chi connectivity index (χ0) is 13.1. The summed E-state index contributed by atoms with van der Waals surface area (Å²) in [6.07, 6.45) is 4.06. The molecule has 0 fully saturated rings. The molecule has 0 rings (SSSR count). The predicted molar refractivity (Wildman–Crippen MR) is 70.5 cm³/mol. The molecule has 0 aromatic heterocycles. The van der Waals surface area contributed by atoms with E-state index in [1.54, 1.807) is 6.08 Å². The Labute approximate surface area is 98.7 Å². The molecule has 2 nitrogen and oxygen atoms in total. The highest BCUT2D eigenvalue weighted by Gasteiger charge is 1.99. The first-order valence-corrected chi connectivity index (χ1v) is 5.37. The van der Waals surface area contributed by atoms with Crippen molar-refractivity contribution in [2.45, 2.75) is 33.6 Å². The van der Waals surface area contributed by atoms with Gasteiger partial charge in [0.1, 0.15) is 0 Å². The second-order valence-corrected chi connectivity index (χ2v) is 3.12. The second kappa shape index (κ2) is 9.97. The molecule has 1 N–H and O–H groups in total. The van der Waals surface area contributed by atoms with Crippen LogP contribution in [0.1, 0.15) is 33.6 Å². The fraction of sp³-hybridized carbons (Fsp3) is 0.357. The maximum Gasteiger partial charge on any atom is 0.303 e. The molecule has 0 aromatic carbocycles. The van der Waals surface area contributed by atoms with Crippen LogP contribution in [0.4, 0.5) is 0 Å². The van der Waals surface area contributed by atoms with Crippen LogP contribution in [-0.2, 0) is 4.79 Å². The number of carboxylic acid groups (broad SMARTS) is 1. The molecular formula is C14H22O2. The van der Waals surface area contributed by atoms with E-state index in [1.165, 1.54) is 0 Å². The van der Waals surface area contributed by atoms with E-state index in [4.69, 9.17) is 5.11 Å². The lowest BCUT2D eigenvalue weighted by atomic mass is 10.0. The van der Waals surface area contributed by atoms with Crippen molar-refractivity contribution >= 4 is 5.97 Å². The molecule has 16 heavy (non-hydrogen) atoms. The lowest BCUT2D eigenvalue weighted by Gasteiger charge is -2.02. The lowest BCUT2D eigenvalue weighted by Crippen LogP contribution is -1.94. The minimum atomic E-state index is -0.807. The summed E-state index contributed by atoms with van der Waals surface area (Å²) in [4.78, 5) is 10.3. The van der Waals surface area contributed by atoms with Gasteiger partial charge in [0.05, 0.1) is 0 Å². The van der Waals surface area contributed by atoms with Gasteiger partial charge >= 0.3 is 5.97 Å². The Morgan fingerprint density at radius 1 is 1.25 bits per heavy atom. The van der Waals surface area contributed by atoms with Crippen LogP contribution in [0.3, 0.4) is 0 Å². The molecule has 0 heterocycles. The Hall–Kier alpha value is -1.57. The lowest BCUT2D eigenvalue weighted by molar-refractivity contribution is -0.136. The van der Waals surface area contributed by atoms with Crippen LogP contribution in [-0.4, -0.2) is 11.1 Å². The van der Waals surface area contributed by atoms with Crippen LogP contribution >= 0.6 is 0 Å². The second-order valence-electron chi connectivity index (χ2n) is 3.12. The van der Waals surface area contributed by atoms with Gasteiger partial charge in [-0.05, 0) is 24.5 Å². The Morgan fingerprint density at radius 2 is 1.75 bits per heavy atom. The van der Waals surface area contributed by atoms with Crippen molar-refractivity contribution < 1.29 is 9.90 Å². The molecule has 0 radical (unpaired) electrons. The summed E-state index contributed by atoms with van der Waals surface area (Å²) >= 11 is 0. The summed E-state index contributed by atoms with van der Waals surface area (Å²) < 4.78 is 0. The predicted octanol–water partition coefficient (Wildman–Crippen LogP) is 4.12. The Morgan fingerprint density at radius 3 is 2.06 bits per heavy atom. The van der Waals surface area contributed by atoms with Crippen molar-refractivity contribution in [1.29, 1.82) is 0 Å². The van der Waals surface area contributed by atoms with E-state index in [0.29, 0.717) is 6.42 Å². The minimum Gasteiger partial charge on any atom is -0.481 e. The zero-order valence-corrected chi connectivity index (χ0v) is 10.5. The molecule has 0 aliphatic heterocycles. The standard InChI is InChI=1S/C12H16O2.C2H6/c1-5-11(6-7-12(13)14)8-10(4)9(2)3;1-2/h5,8H,1-2,4,6-7H2,3H3,(H,13,14);1-2H3/b11-8+;. The molecule has 90 valence electrons. The molecule has 0 aliphatic rings. The Kier molecular flexibility index (Phi) is 10.5. The van der Waals surface area contributed by atoms with Crippen LogP contribution in [0, 0.1) is 0 Å². The first-order valence-electron chi connectivity index (χ1n) is 5.37. The highest BCUT2D eigenvalue weighted by atomic mass is 16.4. The molecule has 0 aromatic rings. The van der Waals surface area contributed by atoms with Gasteiger partial charge in [0, 0.05) is 6.42 Å². The number of carbonyl (C=O) groups is 1. The maximum absolute atomic E-state index is 10.3. The summed E-state index contributed by atoms with van der Waals surface area (Å²) in [6.45, 7) is 17.0. The van der Waals surface area contributed by atoms with E-state index >= 15 is 0 Å². The van der Waals surface area contributed by atoms with Crippen LogP contribution in [0.2, 0.25) is 0 Å². The maximum atomic E-state index is 10.3. The van der Waals surface area contributed by atoms with Crippen LogP contribution in [0.5, 0.6) is 0 Å². The average Bonchev–Trinajstić information content (AvgIpc) is 2.26. The molecular weight excluding hydrogens is 200 g/mol. The van der Waals surface area contributed by atoms with Gasteiger partial charge in [-0.1, -0.05) is 51.3 Å². The van der Waals surface area contributed by atoms with Crippen LogP contribution < -0.4 is 0 Å². The average molecular weight is 222 g/mol. The van der Waals surface area contributed by atoms with Crippen molar-refractivity contribution in [3.63, 3.8) is 0 Å². The molecule has 0 saturated heterocycles. The smallest absolute Gasteiger partial charge is 0.303 e. The minimum absolute atomic E-state index is 0.112. The Balaban J connectivity index is 0. The molecule has 0 saturated carbocycles. The first-order chi connectivity index (χ1) is 7.47. The van der Waals surface area contributed by atoms with Crippen molar-refractivity contribution in [3.05, 3.63) is 48.6 Å². The molecule has 0 atom stereocenters. The van der Waals surface area contributed by atoms with Gasteiger partial charge in [-0.2, -0.15) is 0 Å². The van der Waals surface area contributed by atoms with Crippen molar-refractivity contribution in [2.75, 3.05) is 0 Å². The fourth-order valence-corrected chi connectivity index (χ4v) is 0.831. The van der Waals surface area contributed by atoms with Crippen LogP contribution in [0.25, 0.3) is 0 Å². The van der Waals surface area contributed by atoms with E-state index in [9.17, 15) is 4.79 Å². The van der Waals surface area contributed by atoms with Crippen molar-refractivity contribution in [3.8, 4) is 0 Å². The van der Waals surface area contributed by atoms with Gasteiger partial charge < -0.3 is 5.11 Å². The number of hydrogen-bond acceptors (Lipinski definition) is 1. The highest BCUT2D eigenvalue weighted by Crippen LogP contribution is 2.13. The number of allylic oxidation sites excluding steroid dienone is 5. The van der Waals surface area contributed by atoms with Gasteiger partial charge in [0.25, 0.3) is 0 Å². The van der Waals surface area contributed by atoms with E-state index in [-0.39, 0.29) is 6.42 Å². The molecule has 0 aliphatic carbocycles. The molecule has 0 spiro atoms. The van der Waals surface area contributed by atoms with Gasteiger partial charge in [-0.15, -0.1) is 0 Å². The summed E-state index contributed by atoms with van der Waals surface area (Å²) in [7, 11) is 0. The van der Waals surface area contributed by atoms with Gasteiger partial charge in [0.2, 0.25) is 0 Å². The first kappa shape index (κ1) is 16.8. The molecule has 0 unspecified atom stereocenters. The number of carboxylic acids is 1. The van der Waals surface area contributed by atoms with E-state index in [2.05, 4.69) is 19.7 Å². The van der Waals surface area contributed by atoms with Crippen molar-refractivity contribution in [2.24, 2.45) is 0 Å². The topological polar surface area (TPSA) is 37.3 Å². The number of aliphatic carboxylic acids is 1. The Bertz CT molecular complexity index is 296. The molecule has 0 amide bonds. The molecule has 2 heteroatoms. The summed E-state index contributed by atoms with van der Waals surface area (Å²) in [6, 6.07) is 0. The third kappa shape index (κ3) is 9.00. The number of hydrogen-bond donors (Lipinski definition) is 1. The fourth-order valence-electron chi connectivity index (χ4n) is 0.831. The third-order valence-electron chi connectivity index (χ3n) is 1.80. The summed E-state index contributed by atoms with van der Waals surface area (Å²) in [5.41, 5.74) is 2.56. The third-order valence-corrected chi connectivity index (χ3v) is 1.80. The SMILES string of the molecule is C=C/C(=C\C(=C)C(=C)C)CCC(=O)O.CC. The van der Waals surface area contributed by atoms with E-state index < -0.39 is 5.97 Å². The van der Waals surface area contributed by atoms with Gasteiger partial charge in [-0.25, -0.2) is 0 Å². The normalized spacial score (nSPS) is 9.81. The van der Waals surface area contributed by atoms with Gasteiger partial charge in [-0.3, -0.25) is 4.79 Å². The van der Waals surface area contributed by atoms with Crippen LogP contribution in [0.15, 0.2) is 48.6 Å². The number of rotatable bonds is 6. The zero-order valence-electron chi connectivity index (χ0n) is 10.5. The van der Waals surface area contributed by atoms with Gasteiger partial charge in [0.15, 0.2) is 0 Å². The van der Waals surface area contributed by atoms with E-state index in [0.717, 1.165) is 16.7 Å². The monoisotopic (exact) mass is 222 g/mol.